The molecule has 2 rings (SSSR count). The number of hydrogen-bond acceptors (Lipinski definition) is 2. The standard InChI is InChI=1S/C12H13NO3.BrH/c1-8-3-4-11-10(7-8)13(9(2)16-11)6-5-12(14)15;/h3-4,7H,5-6H2,1-2H3;1H. The van der Waals surface area contributed by atoms with Gasteiger partial charge >= 0.3 is 11.9 Å². The van der Waals surface area contributed by atoms with E-state index >= 15 is 0 Å². The Hall–Kier alpha value is -1.36. The van der Waals surface area contributed by atoms with Crippen LogP contribution in [0.15, 0.2) is 22.6 Å². The fourth-order valence-corrected chi connectivity index (χ4v) is 1.79. The molecule has 17 heavy (non-hydrogen) atoms. The highest BCUT2D eigenvalue weighted by Gasteiger charge is 2.19. The lowest BCUT2D eigenvalue weighted by Gasteiger charge is -1.93. The van der Waals surface area contributed by atoms with Crippen molar-refractivity contribution in [3.8, 4) is 0 Å². The maximum absolute atomic E-state index is 10.6. The first kappa shape index (κ1) is 13.7. The average Bonchev–Trinajstić information content (AvgIpc) is 2.51. The summed E-state index contributed by atoms with van der Waals surface area (Å²) in [5.74, 6) is -0.0595. The lowest BCUT2D eigenvalue weighted by Crippen LogP contribution is -3.00. The van der Waals surface area contributed by atoms with E-state index in [9.17, 15) is 4.79 Å². The minimum absolute atomic E-state index is 0. The quantitative estimate of drug-likeness (QED) is 0.726. The van der Waals surface area contributed by atoms with Crippen molar-refractivity contribution >= 4 is 17.1 Å². The van der Waals surface area contributed by atoms with Crippen LogP contribution in [0.25, 0.3) is 11.1 Å². The lowest BCUT2D eigenvalue weighted by atomic mass is 10.2. The summed E-state index contributed by atoms with van der Waals surface area (Å²) in [5, 5.41) is 8.69. The van der Waals surface area contributed by atoms with E-state index in [1.54, 1.807) is 0 Å². The van der Waals surface area contributed by atoms with Crippen molar-refractivity contribution in [3.05, 3.63) is 29.7 Å². The first-order valence-corrected chi connectivity index (χ1v) is 5.19. The van der Waals surface area contributed by atoms with Gasteiger partial charge in [0.2, 0.25) is 5.58 Å². The number of halogens is 1. The monoisotopic (exact) mass is 299 g/mol. The fraction of sp³-hybridized carbons (Fsp3) is 0.333. The van der Waals surface area contributed by atoms with Crippen molar-refractivity contribution in [2.75, 3.05) is 0 Å². The number of benzene rings is 1. The van der Waals surface area contributed by atoms with E-state index < -0.39 is 5.97 Å². The molecule has 2 aromatic rings. The zero-order valence-corrected chi connectivity index (χ0v) is 11.3. The molecule has 92 valence electrons. The van der Waals surface area contributed by atoms with Crippen molar-refractivity contribution < 1.29 is 35.9 Å². The molecule has 4 nitrogen and oxygen atoms in total. The summed E-state index contributed by atoms with van der Waals surface area (Å²) in [6.45, 7) is 4.29. The molecule has 0 unspecified atom stereocenters. The molecule has 0 bridgehead atoms. The summed E-state index contributed by atoms with van der Waals surface area (Å²) in [5.41, 5.74) is 2.89. The van der Waals surface area contributed by atoms with Gasteiger partial charge in [0.05, 0.1) is 6.92 Å². The zero-order chi connectivity index (χ0) is 11.7. The van der Waals surface area contributed by atoms with Gasteiger partial charge in [-0.3, -0.25) is 4.79 Å². The molecule has 0 fully saturated rings. The number of hydrogen-bond donors (Lipinski definition) is 1. The van der Waals surface area contributed by atoms with Gasteiger partial charge in [-0.25, -0.2) is 0 Å². The van der Waals surface area contributed by atoms with Crippen molar-refractivity contribution in [1.29, 1.82) is 0 Å². The predicted molar refractivity (Wildman–Crippen MR) is 58.1 cm³/mol. The fourth-order valence-electron chi connectivity index (χ4n) is 1.79. The molecule has 0 atom stereocenters. The third-order valence-corrected chi connectivity index (χ3v) is 2.59. The van der Waals surface area contributed by atoms with Gasteiger partial charge in [-0.2, -0.15) is 4.57 Å². The predicted octanol–water partition coefficient (Wildman–Crippen LogP) is -1.18. The normalized spacial score (nSPS) is 10.2. The number of carboxylic acids is 1. The van der Waals surface area contributed by atoms with Crippen LogP contribution in [0.1, 0.15) is 17.9 Å². The number of carbonyl (C=O) groups is 1. The van der Waals surface area contributed by atoms with Gasteiger partial charge in [0.15, 0.2) is 6.54 Å². The van der Waals surface area contributed by atoms with Crippen molar-refractivity contribution in [2.45, 2.75) is 26.8 Å². The van der Waals surface area contributed by atoms with E-state index in [2.05, 4.69) is 0 Å². The molecule has 0 aliphatic rings. The summed E-state index contributed by atoms with van der Waals surface area (Å²) in [6.07, 6.45) is 0.105. The molecule has 0 amide bonds. The van der Waals surface area contributed by atoms with Crippen LogP contribution >= 0.6 is 0 Å². The number of aliphatic carboxylic acids is 1. The first-order chi connectivity index (χ1) is 7.58. The van der Waals surface area contributed by atoms with Gasteiger partial charge in [0, 0.05) is 6.07 Å². The average molecular weight is 300 g/mol. The Bertz CT molecular complexity index is 548. The largest absolute Gasteiger partial charge is 1.00 e. The molecule has 0 spiro atoms. The smallest absolute Gasteiger partial charge is 0.344 e. The Morgan fingerprint density at radius 1 is 1.41 bits per heavy atom. The van der Waals surface area contributed by atoms with Gasteiger partial charge in [-0.1, -0.05) is 6.07 Å². The molecule has 1 aromatic carbocycles. The lowest BCUT2D eigenvalue weighted by molar-refractivity contribution is -0.681. The first-order valence-electron chi connectivity index (χ1n) is 5.19. The number of rotatable bonds is 3. The highest BCUT2D eigenvalue weighted by molar-refractivity contribution is 5.70. The van der Waals surface area contributed by atoms with Gasteiger partial charge in [-0.05, 0) is 18.6 Å². The molecule has 0 aliphatic carbocycles. The number of aromatic nitrogens is 1. The van der Waals surface area contributed by atoms with E-state index in [0.29, 0.717) is 6.54 Å². The number of fused-ring (bicyclic) bond motifs is 1. The van der Waals surface area contributed by atoms with Crippen molar-refractivity contribution in [3.63, 3.8) is 0 Å². The molecular weight excluding hydrogens is 286 g/mol. The molecule has 1 aromatic heterocycles. The van der Waals surface area contributed by atoms with Crippen molar-refractivity contribution in [2.24, 2.45) is 0 Å². The number of aryl methyl sites for hydroxylation is 3. The Balaban J connectivity index is 0.00000144. The van der Waals surface area contributed by atoms with Crippen LogP contribution in [0, 0.1) is 13.8 Å². The zero-order valence-electron chi connectivity index (χ0n) is 9.74. The summed E-state index contributed by atoms with van der Waals surface area (Å²) < 4.78 is 7.46. The SMILES string of the molecule is Cc1ccc2oc(C)[n+](CCC(=O)O)c2c1.[Br-]. The Kier molecular flexibility index (Phi) is 4.28. The maximum Gasteiger partial charge on any atom is 0.344 e. The molecule has 1 heterocycles. The molecular formula is C12H14BrNO3. The minimum Gasteiger partial charge on any atom is -1.00 e. The highest BCUT2D eigenvalue weighted by Crippen LogP contribution is 2.15. The van der Waals surface area contributed by atoms with Crippen molar-refractivity contribution in [1.82, 2.24) is 0 Å². The second-order valence-electron chi connectivity index (χ2n) is 3.89. The second kappa shape index (κ2) is 5.31. The van der Waals surface area contributed by atoms with Crippen LogP contribution in [-0.2, 0) is 11.3 Å². The third kappa shape index (κ3) is 2.85. The Morgan fingerprint density at radius 3 is 2.76 bits per heavy atom. The van der Waals surface area contributed by atoms with Gasteiger partial charge in [-0.15, -0.1) is 0 Å². The van der Waals surface area contributed by atoms with E-state index in [1.807, 2.05) is 36.6 Å². The van der Waals surface area contributed by atoms with Crippen LogP contribution in [-0.4, -0.2) is 11.1 Å². The van der Waals surface area contributed by atoms with E-state index in [4.69, 9.17) is 9.52 Å². The van der Waals surface area contributed by atoms with Gasteiger partial charge in [0.25, 0.3) is 5.52 Å². The Morgan fingerprint density at radius 2 is 2.12 bits per heavy atom. The number of oxazole rings is 1. The van der Waals surface area contributed by atoms with Crippen LogP contribution in [0.3, 0.4) is 0 Å². The Labute approximate surface area is 110 Å². The molecule has 5 heteroatoms. The second-order valence-corrected chi connectivity index (χ2v) is 3.89. The van der Waals surface area contributed by atoms with Crippen LogP contribution in [0.2, 0.25) is 0 Å². The molecule has 0 radical (unpaired) electrons. The summed E-state index contributed by atoms with van der Waals surface area (Å²) in [7, 11) is 0. The summed E-state index contributed by atoms with van der Waals surface area (Å²) in [6, 6.07) is 5.90. The molecule has 0 saturated heterocycles. The molecule has 0 aliphatic heterocycles. The minimum atomic E-state index is -0.797. The molecule has 0 saturated carbocycles. The van der Waals surface area contributed by atoms with Crippen LogP contribution in [0.5, 0.6) is 0 Å². The summed E-state index contributed by atoms with van der Waals surface area (Å²) >= 11 is 0. The maximum atomic E-state index is 10.6. The van der Waals surface area contributed by atoms with Crippen LogP contribution in [0.4, 0.5) is 0 Å². The van der Waals surface area contributed by atoms with E-state index in [1.165, 1.54) is 0 Å². The third-order valence-electron chi connectivity index (χ3n) is 2.59. The number of carboxylic acid groups (broad SMARTS) is 1. The van der Waals surface area contributed by atoms with E-state index in [0.717, 1.165) is 22.6 Å². The van der Waals surface area contributed by atoms with Gasteiger partial charge < -0.3 is 26.5 Å². The van der Waals surface area contributed by atoms with E-state index in [-0.39, 0.29) is 23.4 Å². The van der Waals surface area contributed by atoms with Gasteiger partial charge in [0.1, 0.15) is 6.42 Å². The highest BCUT2D eigenvalue weighted by atomic mass is 79.9. The topological polar surface area (TPSA) is 54.3 Å². The van der Waals surface area contributed by atoms with Crippen LogP contribution < -0.4 is 21.5 Å². The molecule has 1 N–H and O–H groups in total. The summed E-state index contributed by atoms with van der Waals surface area (Å²) in [4.78, 5) is 10.6. The number of nitrogens with zero attached hydrogens (tertiary/aromatic N) is 1.